The van der Waals surface area contributed by atoms with Gasteiger partial charge in [0.05, 0.1) is 58.0 Å². The van der Waals surface area contributed by atoms with Crippen LogP contribution in [0.2, 0.25) is 6.04 Å². The minimum absolute atomic E-state index is 0.00290. The minimum atomic E-state index is -2.60. The van der Waals surface area contributed by atoms with Gasteiger partial charge in [0.1, 0.15) is 0 Å². The number of carbonyl (C=O) groups is 2. The summed E-state index contributed by atoms with van der Waals surface area (Å²) in [7, 11) is 2.20. The molecule has 8 N–H and O–H groups in total. The quantitative estimate of drug-likeness (QED) is 0.0284. The van der Waals surface area contributed by atoms with Crippen LogP contribution >= 0.6 is 0 Å². The maximum atomic E-state index is 13.8. The topological polar surface area (TPSA) is 223 Å². The lowest BCUT2D eigenvalue weighted by molar-refractivity contribution is -0.135. The second kappa shape index (κ2) is 40.6. The van der Waals surface area contributed by atoms with Crippen LogP contribution < -0.4 is 27.8 Å². The van der Waals surface area contributed by atoms with Gasteiger partial charge in [-0.1, -0.05) is 66.7 Å². The largest absolute Gasteiger partial charge is 0.500 e. The zero-order chi connectivity index (χ0) is 56.2. The molecular formula is C59H118N6O11Si. The number of nitrogens with one attached hydrogen (secondary N) is 2. The Bertz CT molecular complexity index is 1500. The first-order valence-electron chi connectivity index (χ1n) is 30.9. The van der Waals surface area contributed by atoms with E-state index in [1.54, 1.807) is 21.3 Å². The van der Waals surface area contributed by atoms with Crippen molar-refractivity contribution in [3.05, 3.63) is 0 Å². The SMILES string of the molecule is CCCCCCCCN(CCC[C@@H](C)[C@H]1CC[C@H]2C[C@H](OCCCN)CC3C[C@H](OCCCN)CC[C@]3(C)[C@H](C)C[C@H](OCCCN)[C@@]21C)C(=O)NCCOCCOCCOCCNC(=O)CCCC[Si](OC)(OC)OC. The Hall–Kier alpha value is -1.52. The fourth-order valence-electron chi connectivity index (χ4n) is 13.2. The van der Waals surface area contributed by atoms with E-state index in [2.05, 4.69) is 50.2 Å². The van der Waals surface area contributed by atoms with Gasteiger partial charge in [-0.2, -0.15) is 0 Å². The van der Waals surface area contributed by atoms with Crippen LogP contribution in [-0.2, 0) is 46.5 Å². The van der Waals surface area contributed by atoms with E-state index in [0.717, 1.165) is 116 Å². The molecule has 3 aliphatic carbocycles. The van der Waals surface area contributed by atoms with Gasteiger partial charge in [-0.15, -0.1) is 0 Å². The number of nitrogens with two attached hydrogens (primary N) is 3. The van der Waals surface area contributed by atoms with Crippen molar-refractivity contribution in [2.45, 2.75) is 200 Å². The van der Waals surface area contributed by atoms with Crippen molar-refractivity contribution < 1.29 is 51.3 Å². The van der Waals surface area contributed by atoms with Gasteiger partial charge in [-0.05, 0) is 163 Å². The Morgan fingerprint density at radius 2 is 1.18 bits per heavy atom. The van der Waals surface area contributed by atoms with Gasteiger partial charge >= 0.3 is 14.8 Å². The maximum absolute atomic E-state index is 13.8. The van der Waals surface area contributed by atoms with Crippen LogP contribution in [0, 0.1) is 40.4 Å². The van der Waals surface area contributed by atoms with Crippen LogP contribution in [0.25, 0.3) is 0 Å². The average molecular weight is 1120 g/mol. The average Bonchev–Trinajstić information content (AvgIpc) is 3.77. The lowest BCUT2D eigenvalue weighted by Gasteiger charge is -2.54. The third-order valence-electron chi connectivity index (χ3n) is 18.3. The van der Waals surface area contributed by atoms with Crippen molar-refractivity contribution in [1.29, 1.82) is 0 Å². The number of hydrogen-bond acceptors (Lipinski definition) is 14. The molecule has 0 heterocycles. The first-order valence-corrected chi connectivity index (χ1v) is 32.9. The second-order valence-electron chi connectivity index (χ2n) is 23.4. The van der Waals surface area contributed by atoms with E-state index in [1.807, 2.05) is 0 Å². The number of carbonyl (C=O) groups excluding carboxylic acids is 2. The van der Waals surface area contributed by atoms with Crippen molar-refractivity contribution >= 4 is 20.7 Å². The molecule has 0 aromatic heterocycles. The molecule has 3 aliphatic rings. The van der Waals surface area contributed by atoms with Crippen molar-refractivity contribution in [1.82, 2.24) is 15.5 Å². The monoisotopic (exact) mass is 1110 g/mol. The fraction of sp³-hybridized carbons (Fsp3) is 0.966. The number of ether oxygens (including phenoxy) is 6. The van der Waals surface area contributed by atoms with Crippen LogP contribution in [-0.4, -0.2) is 171 Å². The van der Waals surface area contributed by atoms with Crippen LogP contribution in [0.1, 0.15) is 176 Å². The molecule has 10 atom stereocenters. The van der Waals surface area contributed by atoms with E-state index in [9.17, 15) is 9.59 Å². The Labute approximate surface area is 470 Å². The van der Waals surface area contributed by atoms with Crippen molar-refractivity contribution in [3.63, 3.8) is 0 Å². The van der Waals surface area contributed by atoms with E-state index in [4.69, 9.17) is 58.9 Å². The third kappa shape index (κ3) is 24.8. The molecule has 17 nitrogen and oxygen atoms in total. The van der Waals surface area contributed by atoms with E-state index >= 15 is 0 Å². The van der Waals surface area contributed by atoms with Crippen molar-refractivity contribution in [3.8, 4) is 0 Å². The summed E-state index contributed by atoms with van der Waals surface area (Å²) in [5.74, 6) is 2.44. The summed E-state index contributed by atoms with van der Waals surface area (Å²) in [6.07, 6.45) is 23.2. The van der Waals surface area contributed by atoms with Gasteiger partial charge in [0, 0.05) is 79.8 Å². The molecule has 0 saturated heterocycles. The van der Waals surface area contributed by atoms with Crippen LogP contribution in [0.5, 0.6) is 0 Å². The second-order valence-corrected chi connectivity index (χ2v) is 26.5. The minimum Gasteiger partial charge on any atom is -0.378 e. The molecule has 0 bridgehead atoms. The predicted molar refractivity (Wildman–Crippen MR) is 311 cm³/mol. The number of urea groups is 1. The van der Waals surface area contributed by atoms with Gasteiger partial charge in [0.15, 0.2) is 0 Å². The Morgan fingerprint density at radius 3 is 1.82 bits per heavy atom. The summed E-state index contributed by atoms with van der Waals surface area (Å²) in [6.45, 7) is 21.4. The van der Waals surface area contributed by atoms with Gasteiger partial charge in [-0.25, -0.2) is 4.79 Å². The molecular weight excluding hydrogens is 997 g/mol. The molecule has 3 rings (SSSR count). The highest BCUT2D eigenvalue weighted by Gasteiger charge is 2.56. The standard InChI is InChI=1S/C59H118N6O11Si/c1-9-10-11-12-13-15-32-65(57(67)64-31-38-72-40-42-73-41-39-71-37-30-63-56(66)22-14-16-43-77(68-6,69-7)70-8)33-17-21-48(2)54-24-23-50-45-53(75-35-19-28-61)47-51-46-52(74-34-18-27-60)25-26-58(51,4)49(3)44-55(59(50,54)5)76-36-20-29-62/h48-55H,9-47,60-62H2,1-8H3,(H,63,66)(H,64,67)/t48-,49-,50+,51?,52-,53+,54-,55+,58-,59+/m1/s1. The number of hydrogen-bond donors (Lipinski definition) is 5. The van der Waals surface area contributed by atoms with E-state index in [-0.39, 0.29) is 41.1 Å². The van der Waals surface area contributed by atoms with Gasteiger partial charge in [0.2, 0.25) is 5.91 Å². The zero-order valence-electron chi connectivity index (χ0n) is 50.4. The summed E-state index contributed by atoms with van der Waals surface area (Å²) < 4.78 is 54.0. The Balaban J connectivity index is 1.53. The Morgan fingerprint density at radius 1 is 0.623 bits per heavy atom. The number of amides is 3. The van der Waals surface area contributed by atoms with Crippen LogP contribution in [0.3, 0.4) is 0 Å². The van der Waals surface area contributed by atoms with Gasteiger partial charge in [-0.3, -0.25) is 4.79 Å². The molecule has 1 unspecified atom stereocenters. The van der Waals surface area contributed by atoms with E-state index < -0.39 is 8.80 Å². The fourth-order valence-corrected chi connectivity index (χ4v) is 15.0. The predicted octanol–water partition coefficient (Wildman–Crippen LogP) is 8.85. The number of unbranched alkanes of at least 4 members (excludes halogenated alkanes) is 6. The molecule has 77 heavy (non-hydrogen) atoms. The highest BCUT2D eigenvalue weighted by molar-refractivity contribution is 6.60. The molecule has 0 aliphatic heterocycles. The lowest BCUT2D eigenvalue weighted by Crippen LogP contribution is -2.51. The molecule has 0 radical (unpaired) electrons. The highest BCUT2D eigenvalue weighted by atomic mass is 28.4. The summed E-state index contributed by atoms with van der Waals surface area (Å²) in [5.41, 5.74) is 18.1. The van der Waals surface area contributed by atoms with E-state index in [1.165, 1.54) is 38.5 Å². The maximum Gasteiger partial charge on any atom is 0.500 e. The molecule has 0 spiro atoms. The molecule has 18 heteroatoms. The summed E-state index contributed by atoms with van der Waals surface area (Å²) >= 11 is 0. The summed E-state index contributed by atoms with van der Waals surface area (Å²) in [6, 6.07) is 0.669. The highest BCUT2D eigenvalue weighted by Crippen LogP contribution is 2.60. The molecule has 0 aromatic carbocycles. The normalized spacial score (nSPS) is 26.2. The molecule has 454 valence electrons. The third-order valence-corrected chi connectivity index (χ3v) is 21.1. The van der Waals surface area contributed by atoms with Crippen molar-refractivity contribution in [2.24, 2.45) is 57.6 Å². The summed E-state index contributed by atoms with van der Waals surface area (Å²) in [5, 5.41) is 6.06. The zero-order valence-corrected chi connectivity index (χ0v) is 51.4. The first kappa shape index (κ1) is 69.7. The van der Waals surface area contributed by atoms with Crippen molar-refractivity contribution in [2.75, 3.05) is 127 Å². The van der Waals surface area contributed by atoms with Crippen LogP contribution in [0.15, 0.2) is 0 Å². The smallest absolute Gasteiger partial charge is 0.378 e. The molecule has 3 fully saturated rings. The van der Waals surface area contributed by atoms with E-state index in [0.29, 0.717) is 128 Å². The number of nitrogens with zero attached hydrogens (tertiary/aromatic N) is 1. The molecule has 3 amide bonds. The number of fused-ring (bicyclic) bond motifs is 2. The van der Waals surface area contributed by atoms with Crippen LogP contribution in [0.4, 0.5) is 4.79 Å². The lowest BCUT2D eigenvalue weighted by atomic mass is 9.54. The molecule has 0 aromatic rings. The first-order chi connectivity index (χ1) is 37.3. The molecule has 3 saturated carbocycles. The van der Waals surface area contributed by atoms with Gasteiger partial charge < -0.3 is 74.4 Å². The summed E-state index contributed by atoms with van der Waals surface area (Å²) in [4.78, 5) is 28.1. The van der Waals surface area contributed by atoms with Gasteiger partial charge in [0.25, 0.3) is 0 Å². The Kier molecular flexibility index (Phi) is 36.8. The number of rotatable bonds is 44.